The molecule has 1 aromatic carbocycles. The number of carbonyl (C=O) groups excluding carboxylic acids is 1. The van der Waals surface area contributed by atoms with E-state index in [2.05, 4.69) is 0 Å². The van der Waals surface area contributed by atoms with E-state index in [1.165, 1.54) is 18.0 Å². The van der Waals surface area contributed by atoms with Gasteiger partial charge in [0.15, 0.2) is 9.84 Å². The van der Waals surface area contributed by atoms with E-state index in [0.29, 0.717) is 0 Å². The van der Waals surface area contributed by atoms with Crippen molar-refractivity contribution in [2.24, 2.45) is 0 Å². The van der Waals surface area contributed by atoms with Gasteiger partial charge in [0.1, 0.15) is 10.9 Å². The second-order valence-electron chi connectivity index (χ2n) is 5.54. The van der Waals surface area contributed by atoms with Crippen LogP contribution in [-0.2, 0) is 19.4 Å². The zero-order chi connectivity index (χ0) is 15.6. The number of hydrogen-bond donors (Lipinski definition) is 0. The van der Waals surface area contributed by atoms with Crippen molar-refractivity contribution in [2.45, 2.75) is 48.3 Å². The van der Waals surface area contributed by atoms with Crippen molar-refractivity contribution in [3.05, 3.63) is 24.3 Å². The number of thioether (sulfide) groups is 1. The second-order valence-corrected chi connectivity index (χ2v) is 8.97. The molecule has 20 heavy (non-hydrogen) atoms. The Kier molecular flexibility index (Phi) is 5.27. The Bertz CT molecular complexity index is 568. The summed E-state index contributed by atoms with van der Waals surface area (Å²) in [5.74, 6) is -0.283. The number of carbonyl (C=O) groups is 1. The molecule has 0 aliphatic carbocycles. The van der Waals surface area contributed by atoms with Crippen LogP contribution >= 0.6 is 11.8 Å². The zero-order valence-corrected chi connectivity index (χ0v) is 14.0. The van der Waals surface area contributed by atoms with E-state index < -0.39 is 15.4 Å². The standard InChI is InChI=1S/C14H20O4S2/c1-10(13(15)18-14(2,3)4)19-11-6-8-12(9-7-11)20(5,16)17/h6-10H,1-5H3. The number of benzene rings is 1. The maximum Gasteiger partial charge on any atom is 0.319 e. The number of sulfone groups is 1. The first kappa shape index (κ1) is 17.0. The molecule has 1 unspecified atom stereocenters. The second kappa shape index (κ2) is 6.18. The number of rotatable bonds is 4. The Hall–Kier alpha value is -1.01. The van der Waals surface area contributed by atoms with Gasteiger partial charge in [-0.15, -0.1) is 11.8 Å². The van der Waals surface area contributed by atoms with Gasteiger partial charge < -0.3 is 4.74 Å². The molecule has 6 heteroatoms. The normalized spacial score (nSPS) is 13.8. The third kappa shape index (κ3) is 5.54. The molecule has 0 N–H and O–H groups in total. The Balaban J connectivity index is 2.72. The van der Waals surface area contributed by atoms with Crippen LogP contribution in [0.15, 0.2) is 34.1 Å². The molecule has 1 rings (SSSR count). The highest BCUT2D eigenvalue weighted by atomic mass is 32.2. The molecule has 0 saturated carbocycles. The molecule has 0 heterocycles. The third-order valence-corrected chi connectivity index (χ3v) is 4.52. The minimum atomic E-state index is -3.19. The van der Waals surface area contributed by atoms with Crippen LogP contribution in [0.25, 0.3) is 0 Å². The molecule has 4 nitrogen and oxygen atoms in total. The van der Waals surface area contributed by atoms with Crippen molar-refractivity contribution in [1.29, 1.82) is 0 Å². The molecule has 0 aliphatic rings. The maximum absolute atomic E-state index is 11.9. The van der Waals surface area contributed by atoms with Crippen LogP contribution in [0.4, 0.5) is 0 Å². The van der Waals surface area contributed by atoms with Gasteiger partial charge in [-0.05, 0) is 52.0 Å². The topological polar surface area (TPSA) is 60.4 Å². The van der Waals surface area contributed by atoms with E-state index in [1.54, 1.807) is 31.2 Å². The Labute approximate surface area is 124 Å². The molecular weight excluding hydrogens is 296 g/mol. The first-order valence-electron chi connectivity index (χ1n) is 6.19. The van der Waals surface area contributed by atoms with Gasteiger partial charge in [-0.1, -0.05) is 0 Å². The fourth-order valence-electron chi connectivity index (χ4n) is 1.40. The molecule has 0 aliphatic heterocycles. The van der Waals surface area contributed by atoms with Crippen molar-refractivity contribution < 1.29 is 17.9 Å². The smallest absolute Gasteiger partial charge is 0.319 e. The summed E-state index contributed by atoms with van der Waals surface area (Å²) in [6, 6.07) is 6.47. The molecule has 0 amide bonds. The lowest BCUT2D eigenvalue weighted by Gasteiger charge is -2.22. The predicted octanol–water partition coefficient (Wildman–Crippen LogP) is 2.91. The number of esters is 1. The molecule has 1 aromatic rings. The van der Waals surface area contributed by atoms with Gasteiger partial charge in [-0.2, -0.15) is 0 Å². The molecule has 112 valence electrons. The van der Waals surface area contributed by atoms with Gasteiger partial charge in [-0.25, -0.2) is 8.42 Å². The van der Waals surface area contributed by atoms with E-state index >= 15 is 0 Å². The predicted molar refractivity (Wildman–Crippen MR) is 80.7 cm³/mol. The summed E-state index contributed by atoms with van der Waals surface area (Å²) in [5.41, 5.74) is -0.508. The number of hydrogen-bond acceptors (Lipinski definition) is 5. The summed E-state index contributed by atoms with van der Waals surface area (Å²) >= 11 is 1.34. The van der Waals surface area contributed by atoms with Crippen molar-refractivity contribution in [3.8, 4) is 0 Å². The van der Waals surface area contributed by atoms with Gasteiger partial charge in [0.25, 0.3) is 0 Å². The van der Waals surface area contributed by atoms with Gasteiger partial charge in [-0.3, -0.25) is 4.79 Å². The summed E-state index contributed by atoms with van der Waals surface area (Å²) in [7, 11) is -3.19. The van der Waals surface area contributed by atoms with E-state index in [1.807, 2.05) is 20.8 Å². The van der Waals surface area contributed by atoms with Crippen molar-refractivity contribution in [2.75, 3.05) is 6.26 Å². The molecule has 1 atom stereocenters. The monoisotopic (exact) mass is 316 g/mol. The minimum absolute atomic E-state index is 0.270. The summed E-state index contributed by atoms with van der Waals surface area (Å²) in [4.78, 5) is 12.9. The average Bonchev–Trinajstić information content (AvgIpc) is 2.26. The van der Waals surface area contributed by atoms with Crippen LogP contribution < -0.4 is 0 Å². The summed E-state index contributed by atoms with van der Waals surface area (Å²) in [5, 5.41) is -0.349. The molecule has 0 radical (unpaired) electrons. The fraction of sp³-hybridized carbons (Fsp3) is 0.500. The van der Waals surface area contributed by atoms with Crippen LogP contribution in [0.3, 0.4) is 0 Å². The largest absolute Gasteiger partial charge is 0.459 e. The average molecular weight is 316 g/mol. The van der Waals surface area contributed by atoms with Crippen LogP contribution in [-0.4, -0.2) is 31.5 Å². The number of ether oxygens (including phenoxy) is 1. The highest BCUT2D eigenvalue weighted by Gasteiger charge is 2.22. The Morgan fingerprint density at radius 3 is 2.10 bits per heavy atom. The van der Waals surface area contributed by atoms with Crippen LogP contribution in [0.2, 0.25) is 0 Å². The van der Waals surface area contributed by atoms with E-state index in [0.717, 1.165) is 4.90 Å². The lowest BCUT2D eigenvalue weighted by Crippen LogP contribution is -2.28. The lowest BCUT2D eigenvalue weighted by molar-refractivity contribution is -0.153. The van der Waals surface area contributed by atoms with Crippen molar-refractivity contribution >= 4 is 27.6 Å². The molecule has 0 saturated heterocycles. The van der Waals surface area contributed by atoms with Gasteiger partial charge >= 0.3 is 5.97 Å². The van der Waals surface area contributed by atoms with Crippen LogP contribution in [0.1, 0.15) is 27.7 Å². The van der Waals surface area contributed by atoms with Gasteiger partial charge in [0.05, 0.1) is 4.90 Å². The third-order valence-electron chi connectivity index (χ3n) is 2.30. The summed E-state index contributed by atoms with van der Waals surface area (Å²) < 4.78 is 28.0. The van der Waals surface area contributed by atoms with Crippen molar-refractivity contribution in [1.82, 2.24) is 0 Å². The minimum Gasteiger partial charge on any atom is -0.459 e. The summed E-state index contributed by atoms with van der Waals surface area (Å²) in [6.07, 6.45) is 1.17. The molecule has 0 fully saturated rings. The molecule has 0 bridgehead atoms. The molecular formula is C14H20O4S2. The zero-order valence-electron chi connectivity index (χ0n) is 12.3. The van der Waals surface area contributed by atoms with Gasteiger partial charge in [0.2, 0.25) is 0 Å². The highest BCUT2D eigenvalue weighted by molar-refractivity contribution is 8.00. The lowest BCUT2D eigenvalue weighted by atomic mass is 10.2. The van der Waals surface area contributed by atoms with Crippen molar-refractivity contribution in [3.63, 3.8) is 0 Å². The first-order chi connectivity index (χ1) is 8.99. The Morgan fingerprint density at radius 2 is 1.70 bits per heavy atom. The van der Waals surface area contributed by atoms with E-state index in [4.69, 9.17) is 4.74 Å². The van der Waals surface area contributed by atoms with E-state index in [-0.39, 0.29) is 16.1 Å². The maximum atomic E-state index is 11.9. The fourth-order valence-corrected chi connectivity index (χ4v) is 2.88. The highest BCUT2D eigenvalue weighted by Crippen LogP contribution is 2.26. The first-order valence-corrected chi connectivity index (χ1v) is 8.96. The van der Waals surface area contributed by atoms with Gasteiger partial charge in [0, 0.05) is 11.2 Å². The Morgan fingerprint density at radius 1 is 1.20 bits per heavy atom. The molecule has 0 spiro atoms. The summed E-state index contributed by atoms with van der Waals surface area (Å²) in [6.45, 7) is 7.23. The SMILES string of the molecule is CC(Sc1ccc(S(C)(=O)=O)cc1)C(=O)OC(C)(C)C. The quantitative estimate of drug-likeness (QED) is 0.631. The van der Waals surface area contributed by atoms with E-state index in [9.17, 15) is 13.2 Å². The molecule has 0 aromatic heterocycles. The van der Waals surface area contributed by atoms with Crippen LogP contribution in [0.5, 0.6) is 0 Å². The van der Waals surface area contributed by atoms with Crippen LogP contribution in [0, 0.1) is 0 Å².